The van der Waals surface area contributed by atoms with Crippen LogP contribution in [0.4, 0.5) is 14.9 Å². The average molecular weight is 522 g/mol. The average Bonchev–Trinajstić information content (AvgIpc) is 3.45. The molecule has 0 spiro atoms. The van der Waals surface area contributed by atoms with Crippen LogP contribution in [0.5, 0.6) is 0 Å². The summed E-state index contributed by atoms with van der Waals surface area (Å²) in [6.45, 7) is 3.77. The Bertz CT molecular complexity index is 1420. The van der Waals surface area contributed by atoms with Crippen LogP contribution < -0.4 is 5.32 Å². The van der Waals surface area contributed by atoms with Crippen LogP contribution in [-0.2, 0) is 14.9 Å². The van der Waals surface area contributed by atoms with Gasteiger partial charge in [0.2, 0.25) is 0 Å². The highest BCUT2D eigenvalue weighted by Crippen LogP contribution is 2.48. The number of ether oxygens (including phenoxy) is 1. The van der Waals surface area contributed by atoms with Crippen LogP contribution in [0.15, 0.2) is 65.4 Å². The number of aliphatic carboxylic acids is 1. The number of hydrogen-bond acceptors (Lipinski definition) is 5. The van der Waals surface area contributed by atoms with Gasteiger partial charge in [0.1, 0.15) is 6.10 Å². The molecule has 1 amide bonds. The van der Waals surface area contributed by atoms with Gasteiger partial charge in [0.15, 0.2) is 5.13 Å². The largest absolute Gasteiger partial charge is 0.481 e. The van der Waals surface area contributed by atoms with E-state index in [2.05, 4.69) is 5.32 Å². The SMILES string of the molecule is Cc1cscc1[C@@H](C)OC(=O)Nc1cc(F)sc1-c1ccc(-c2ccc(C3(C(=O)O)CC3)cc2)cc1. The monoisotopic (exact) mass is 521 g/mol. The van der Waals surface area contributed by atoms with Crippen molar-refractivity contribution in [2.45, 2.75) is 38.2 Å². The summed E-state index contributed by atoms with van der Waals surface area (Å²) in [6, 6.07) is 16.5. The number of carbonyl (C=O) groups excluding carboxylic acids is 1. The maximum absolute atomic E-state index is 14.2. The summed E-state index contributed by atoms with van der Waals surface area (Å²) in [5, 5.41) is 15.7. The number of halogens is 1. The highest BCUT2D eigenvalue weighted by Gasteiger charge is 2.51. The lowest BCUT2D eigenvalue weighted by Gasteiger charge is -2.14. The number of benzene rings is 2. The van der Waals surface area contributed by atoms with Gasteiger partial charge in [-0.1, -0.05) is 48.5 Å². The second kappa shape index (κ2) is 9.52. The van der Waals surface area contributed by atoms with Crippen LogP contribution in [0.1, 0.15) is 42.6 Å². The fourth-order valence-electron chi connectivity index (χ4n) is 4.37. The van der Waals surface area contributed by atoms with Gasteiger partial charge in [-0.3, -0.25) is 10.1 Å². The van der Waals surface area contributed by atoms with Crippen LogP contribution in [-0.4, -0.2) is 17.2 Å². The van der Waals surface area contributed by atoms with Crippen LogP contribution in [0.2, 0.25) is 0 Å². The topological polar surface area (TPSA) is 75.6 Å². The number of aryl methyl sites for hydroxylation is 1. The zero-order chi connectivity index (χ0) is 25.4. The van der Waals surface area contributed by atoms with E-state index in [-0.39, 0.29) is 0 Å². The van der Waals surface area contributed by atoms with E-state index < -0.39 is 28.7 Å². The maximum atomic E-state index is 14.2. The van der Waals surface area contributed by atoms with E-state index >= 15 is 0 Å². The summed E-state index contributed by atoms with van der Waals surface area (Å²) < 4.78 is 19.7. The van der Waals surface area contributed by atoms with Crippen molar-refractivity contribution in [3.05, 3.63) is 87.2 Å². The van der Waals surface area contributed by atoms with Crippen molar-refractivity contribution in [1.29, 1.82) is 0 Å². The summed E-state index contributed by atoms with van der Waals surface area (Å²) in [6.07, 6.45) is 0.284. The zero-order valence-electron chi connectivity index (χ0n) is 19.7. The fraction of sp³-hybridized carbons (Fsp3) is 0.214. The molecule has 1 fully saturated rings. The Labute approximate surface area is 216 Å². The Morgan fingerprint density at radius 3 is 2.19 bits per heavy atom. The Balaban J connectivity index is 1.30. The van der Waals surface area contributed by atoms with Gasteiger partial charge in [-0.15, -0.1) is 11.3 Å². The van der Waals surface area contributed by atoms with E-state index in [0.717, 1.165) is 44.7 Å². The second-order valence-corrected chi connectivity index (χ2v) is 10.8. The molecule has 2 aromatic heterocycles. The predicted molar refractivity (Wildman–Crippen MR) is 141 cm³/mol. The van der Waals surface area contributed by atoms with Gasteiger partial charge in [0.25, 0.3) is 0 Å². The Morgan fingerprint density at radius 2 is 1.64 bits per heavy atom. The van der Waals surface area contributed by atoms with Crippen molar-refractivity contribution >= 4 is 40.4 Å². The number of nitrogens with one attached hydrogen (secondary N) is 1. The van der Waals surface area contributed by atoms with Crippen LogP contribution >= 0.6 is 22.7 Å². The number of carboxylic acids is 1. The third kappa shape index (κ3) is 4.66. The molecule has 0 unspecified atom stereocenters. The first-order chi connectivity index (χ1) is 17.3. The van der Waals surface area contributed by atoms with E-state index in [1.54, 1.807) is 18.3 Å². The van der Waals surface area contributed by atoms with Gasteiger partial charge < -0.3 is 9.84 Å². The number of carbonyl (C=O) groups is 2. The third-order valence-electron chi connectivity index (χ3n) is 6.63. The minimum Gasteiger partial charge on any atom is -0.481 e. The fourth-order valence-corrected chi connectivity index (χ4v) is 6.14. The Kier molecular flexibility index (Phi) is 6.40. The molecule has 0 bridgehead atoms. The number of amides is 1. The van der Waals surface area contributed by atoms with Crippen molar-refractivity contribution in [1.82, 2.24) is 0 Å². The molecule has 2 heterocycles. The minimum absolute atomic E-state index is 0.359. The molecule has 1 aliphatic carbocycles. The Morgan fingerprint density at radius 1 is 1.03 bits per heavy atom. The maximum Gasteiger partial charge on any atom is 0.412 e. The number of thiophene rings is 2. The van der Waals surface area contributed by atoms with Crippen molar-refractivity contribution in [3.8, 4) is 21.6 Å². The molecule has 36 heavy (non-hydrogen) atoms. The van der Waals surface area contributed by atoms with Crippen molar-refractivity contribution < 1.29 is 23.8 Å². The molecule has 2 aromatic carbocycles. The Hall–Kier alpha value is -3.49. The number of carboxylic acid groups (broad SMARTS) is 1. The summed E-state index contributed by atoms with van der Waals surface area (Å²) in [5.74, 6) is -0.771. The summed E-state index contributed by atoms with van der Waals surface area (Å²) >= 11 is 2.50. The molecule has 4 aromatic rings. The molecular formula is C28H24FNO4S2. The first-order valence-electron chi connectivity index (χ1n) is 11.5. The highest BCUT2D eigenvalue weighted by molar-refractivity contribution is 7.14. The highest BCUT2D eigenvalue weighted by atomic mass is 32.1. The lowest BCUT2D eigenvalue weighted by Crippen LogP contribution is -2.19. The van der Waals surface area contributed by atoms with Gasteiger partial charge in [-0.05, 0) is 65.3 Å². The first-order valence-corrected chi connectivity index (χ1v) is 13.3. The molecule has 8 heteroatoms. The van der Waals surface area contributed by atoms with Crippen molar-refractivity contribution in [2.75, 3.05) is 5.32 Å². The molecule has 1 atom stereocenters. The molecule has 2 N–H and O–H groups in total. The normalized spacial score (nSPS) is 14.8. The quantitative estimate of drug-likeness (QED) is 0.258. The number of hydrogen-bond donors (Lipinski definition) is 2. The molecule has 5 rings (SSSR count). The van der Waals surface area contributed by atoms with Gasteiger partial charge >= 0.3 is 12.1 Å². The van der Waals surface area contributed by atoms with E-state index in [9.17, 15) is 19.1 Å². The smallest absolute Gasteiger partial charge is 0.412 e. The molecule has 184 valence electrons. The van der Waals surface area contributed by atoms with Gasteiger partial charge in [-0.25, -0.2) is 4.79 Å². The predicted octanol–water partition coefficient (Wildman–Crippen LogP) is 8.02. The van der Waals surface area contributed by atoms with Gasteiger partial charge in [0.05, 0.1) is 16.0 Å². The standard InChI is InChI=1S/C28H24FNO4S2/c1-16-14-35-15-22(16)17(2)34-27(33)30-23-13-24(29)36-25(23)20-5-3-18(4-6-20)19-7-9-21(10-8-19)28(11-12-28)26(31)32/h3-10,13-15,17H,11-12H2,1-2H3,(H,30,33)(H,31,32)/t17-/m1/s1. The molecule has 1 saturated carbocycles. The van der Waals surface area contributed by atoms with Crippen molar-refractivity contribution in [3.63, 3.8) is 0 Å². The molecule has 0 aliphatic heterocycles. The number of anilines is 1. The summed E-state index contributed by atoms with van der Waals surface area (Å²) in [5.41, 5.74) is 5.16. The molecule has 1 aliphatic rings. The van der Waals surface area contributed by atoms with Crippen LogP contribution in [0.3, 0.4) is 0 Å². The number of rotatable bonds is 7. The summed E-state index contributed by atoms with van der Waals surface area (Å²) in [4.78, 5) is 24.7. The zero-order valence-corrected chi connectivity index (χ0v) is 21.3. The summed E-state index contributed by atoms with van der Waals surface area (Å²) in [7, 11) is 0. The van der Waals surface area contributed by atoms with E-state index in [1.807, 2.05) is 66.2 Å². The third-order valence-corrected chi connectivity index (χ3v) is 8.49. The van der Waals surface area contributed by atoms with E-state index in [0.29, 0.717) is 23.4 Å². The van der Waals surface area contributed by atoms with E-state index in [1.165, 1.54) is 6.07 Å². The van der Waals surface area contributed by atoms with Gasteiger partial charge in [0, 0.05) is 11.6 Å². The van der Waals surface area contributed by atoms with Gasteiger partial charge in [-0.2, -0.15) is 15.7 Å². The van der Waals surface area contributed by atoms with Crippen molar-refractivity contribution in [2.24, 2.45) is 0 Å². The second-order valence-electron chi connectivity index (χ2n) is 9.02. The minimum atomic E-state index is -0.771. The molecular weight excluding hydrogens is 497 g/mol. The molecule has 0 radical (unpaired) electrons. The first kappa shape index (κ1) is 24.2. The molecule has 0 saturated heterocycles. The van der Waals surface area contributed by atoms with Crippen LogP contribution in [0, 0.1) is 12.1 Å². The van der Waals surface area contributed by atoms with E-state index in [4.69, 9.17) is 4.74 Å². The lowest BCUT2D eigenvalue weighted by atomic mass is 9.93. The molecule has 5 nitrogen and oxygen atoms in total. The lowest BCUT2D eigenvalue weighted by molar-refractivity contribution is -0.140. The van der Waals surface area contributed by atoms with Crippen LogP contribution in [0.25, 0.3) is 21.6 Å².